The van der Waals surface area contributed by atoms with Gasteiger partial charge in [0.1, 0.15) is 24.9 Å². The molecule has 0 spiro atoms. The first-order valence-electron chi connectivity index (χ1n) is 11.1. The zero-order valence-corrected chi connectivity index (χ0v) is 19.3. The minimum atomic E-state index is -0.628. The molecule has 35 heavy (non-hydrogen) atoms. The maximum Gasteiger partial charge on any atom is 0.318 e. The number of hydrogen-bond donors (Lipinski definition) is 2. The van der Waals surface area contributed by atoms with Gasteiger partial charge in [-0.1, -0.05) is 30.3 Å². The summed E-state index contributed by atoms with van der Waals surface area (Å²) in [6.45, 7) is 2.07. The van der Waals surface area contributed by atoms with Crippen molar-refractivity contribution in [3.63, 3.8) is 0 Å². The number of aryl methyl sites for hydroxylation is 1. The normalized spacial score (nSPS) is 13.3. The Morgan fingerprint density at radius 2 is 2.09 bits per heavy atom. The van der Waals surface area contributed by atoms with E-state index in [-0.39, 0.29) is 32.3 Å². The van der Waals surface area contributed by atoms with E-state index >= 15 is 0 Å². The maximum absolute atomic E-state index is 13.1. The van der Waals surface area contributed by atoms with Crippen LogP contribution in [0.1, 0.15) is 17.0 Å². The van der Waals surface area contributed by atoms with Crippen molar-refractivity contribution in [2.45, 2.75) is 19.9 Å². The second kappa shape index (κ2) is 11.1. The number of primary amides is 1. The molecule has 3 N–H and O–H groups in total. The Morgan fingerprint density at radius 3 is 2.77 bits per heavy atom. The number of imidazole rings is 1. The molecule has 0 fully saturated rings. The van der Waals surface area contributed by atoms with Crippen LogP contribution >= 0.6 is 0 Å². The summed E-state index contributed by atoms with van der Waals surface area (Å²) in [4.78, 5) is 39.1. The Hall–Kier alpha value is -4.41. The number of hydrogen-bond acceptors (Lipinski definition) is 7. The topological polar surface area (TPSA) is 137 Å². The van der Waals surface area contributed by atoms with E-state index in [0.29, 0.717) is 29.5 Å². The lowest BCUT2D eigenvalue weighted by molar-refractivity contribution is -0.118. The van der Waals surface area contributed by atoms with Crippen molar-refractivity contribution in [2.75, 3.05) is 19.9 Å². The second-order valence-corrected chi connectivity index (χ2v) is 8.11. The molecule has 1 aliphatic heterocycles. The molecule has 0 saturated heterocycles. The fourth-order valence-electron chi connectivity index (χ4n) is 3.73. The molecule has 3 amide bonds. The molecule has 1 aliphatic rings. The highest BCUT2D eigenvalue weighted by atomic mass is 16.7. The Labute approximate surface area is 202 Å². The van der Waals surface area contributed by atoms with Gasteiger partial charge in [-0.2, -0.15) is 0 Å². The average Bonchev–Trinajstić information content (AvgIpc) is 3.56. The minimum Gasteiger partial charge on any atom is -0.462 e. The average molecular weight is 478 g/mol. The van der Waals surface area contributed by atoms with Gasteiger partial charge < -0.3 is 25.4 Å². The smallest absolute Gasteiger partial charge is 0.318 e. The Kier molecular flexibility index (Phi) is 7.56. The van der Waals surface area contributed by atoms with Crippen LogP contribution in [-0.4, -0.2) is 56.2 Å². The Balaban J connectivity index is 1.47. The minimum absolute atomic E-state index is 0.0749. The van der Waals surface area contributed by atoms with Crippen LogP contribution in [0.15, 0.2) is 67.1 Å². The van der Waals surface area contributed by atoms with Crippen molar-refractivity contribution < 1.29 is 19.1 Å². The molecule has 11 nitrogen and oxygen atoms in total. The third-order valence-corrected chi connectivity index (χ3v) is 5.34. The van der Waals surface area contributed by atoms with Crippen molar-refractivity contribution >= 4 is 11.9 Å². The molecule has 1 aromatic carbocycles. The molecule has 0 bridgehead atoms. The predicted molar refractivity (Wildman–Crippen MR) is 126 cm³/mol. The van der Waals surface area contributed by atoms with Gasteiger partial charge in [0.25, 0.3) is 0 Å². The van der Waals surface area contributed by atoms with E-state index in [1.165, 1.54) is 4.90 Å². The summed E-state index contributed by atoms with van der Waals surface area (Å²) in [5, 5.41) is 2.91. The summed E-state index contributed by atoms with van der Waals surface area (Å²) in [6, 6.07) is 11.2. The summed E-state index contributed by atoms with van der Waals surface area (Å²) in [5.41, 5.74) is 7.80. The maximum atomic E-state index is 13.1. The molecular formula is C24H27N7O4. The lowest BCUT2D eigenvalue weighted by Gasteiger charge is -2.24. The van der Waals surface area contributed by atoms with Gasteiger partial charge in [0, 0.05) is 30.6 Å². The van der Waals surface area contributed by atoms with Crippen LogP contribution in [0.4, 0.5) is 4.79 Å². The summed E-state index contributed by atoms with van der Waals surface area (Å²) >= 11 is 0. The van der Waals surface area contributed by atoms with Crippen molar-refractivity contribution in [3.05, 3.63) is 84.1 Å². The molecule has 0 aliphatic carbocycles. The van der Waals surface area contributed by atoms with Crippen LogP contribution in [0.2, 0.25) is 0 Å². The van der Waals surface area contributed by atoms with E-state index in [0.717, 1.165) is 5.56 Å². The molecule has 2 aromatic heterocycles. The highest BCUT2D eigenvalue weighted by Gasteiger charge is 2.24. The number of nitrogens with one attached hydrogen (secondary N) is 1. The van der Waals surface area contributed by atoms with Crippen LogP contribution in [0.25, 0.3) is 5.95 Å². The van der Waals surface area contributed by atoms with Crippen LogP contribution in [-0.2, 0) is 27.2 Å². The highest BCUT2D eigenvalue weighted by molar-refractivity contribution is 5.82. The van der Waals surface area contributed by atoms with Gasteiger partial charge in [-0.15, -0.1) is 0 Å². The molecule has 11 heteroatoms. The van der Waals surface area contributed by atoms with E-state index in [1.807, 2.05) is 37.3 Å². The number of urea groups is 1. The quantitative estimate of drug-likeness (QED) is 0.453. The number of ether oxygens (including phenoxy) is 2. The molecule has 1 atom stereocenters. The molecule has 0 radical (unpaired) electrons. The van der Waals surface area contributed by atoms with Crippen molar-refractivity contribution in [2.24, 2.45) is 11.7 Å². The zero-order valence-electron chi connectivity index (χ0n) is 19.3. The number of aromatic nitrogens is 4. The lowest BCUT2D eigenvalue weighted by atomic mass is 9.97. The van der Waals surface area contributed by atoms with Gasteiger partial charge in [0.05, 0.1) is 12.2 Å². The van der Waals surface area contributed by atoms with Crippen LogP contribution in [0.5, 0.6) is 0 Å². The number of rotatable bonds is 10. The van der Waals surface area contributed by atoms with Gasteiger partial charge >= 0.3 is 6.03 Å². The fourth-order valence-corrected chi connectivity index (χ4v) is 3.73. The van der Waals surface area contributed by atoms with Crippen molar-refractivity contribution in [1.82, 2.24) is 29.7 Å². The number of benzene rings is 1. The summed E-state index contributed by atoms with van der Waals surface area (Å²) in [5.74, 6) is 0.308. The number of carbonyl (C=O) groups is 2. The largest absolute Gasteiger partial charge is 0.462 e. The van der Waals surface area contributed by atoms with Gasteiger partial charge in [-0.3, -0.25) is 9.36 Å². The monoisotopic (exact) mass is 477 g/mol. The third-order valence-electron chi connectivity index (χ3n) is 5.34. The molecule has 0 saturated carbocycles. The first-order valence-corrected chi connectivity index (χ1v) is 11.1. The second-order valence-electron chi connectivity index (χ2n) is 8.11. The molecule has 182 valence electrons. The molecular weight excluding hydrogens is 450 g/mol. The van der Waals surface area contributed by atoms with E-state index in [9.17, 15) is 9.59 Å². The number of nitrogens with two attached hydrogens (primary N) is 1. The van der Waals surface area contributed by atoms with Crippen LogP contribution in [0, 0.1) is 12.8 Å². The predicted octanol–water partition coefficient (Wildman–Crippen LogP) is 1.67. The van der Waals surface area contributed by atoms with E-state index in [4.69, 9.17) is 15.2 Å². The lowest BCUT2D eigenvalue weighted by Crippen LogP contribution is -2.45. The first kappa shape index (κ1) is 23.7. The van der Waals surface area contributed by atoms with Crippen LogP contribution < -0.4 is 11.1 Å². The third kappa shape index (κ3) is 6.56. The van der Waals surface area contributed by atoms with Crippen molar-refractivity contribution in [3.8, 4) is 5.95 Å². The van der Waals surface area contributed by atoms with Crippen molar-refractivity contribution in [1.29, 1.82) is 0 Å². The summed E-state index contributed by atoms with van der Waals surface area (Å²) < 4.78 is 12.5. The summed E-state index contributed by atoms with van der Waals surface area (Å²) in [6.07, 6.45) is 7.15. The molecule has 3 heterocycles. The Bertz CT molecular complexity index is 1180. The Morgan fingerprint density at radius 1 is 1.26 bits per heavy atom. The van der Waals surface area contributed by atoms with Gasteiger partial charge in [0.15, 0.2) is 0 Å². The number of carbonyl (C=O) groups excluding carboxylic acids is 2. The van der Waals surface area contributed by atoms with E-state index < -0.39 is 11.9 Å². The summed E-state index contributed by atoms with van der Waals surface area (Å²) in [7, 11) is 0. The van der Waals surface area contributed by atoms with Gasteiger partial charge in [-0.25, -0.2) is 19.7 Å². The van der Waals surface area contributed by atoms with E-state index in [1.54, 1.807) is 35.6 Å². The number of amides is 3. The standard InChI is InChI=1S/C24H27N7O4/c1-17-9-20(29-23(28-17)30-8-7-26-15-30)12-31(13-22(25)32)24(33)27-11-19(21-14-34-16-35-21)10-18-5-3-2-4-6-18/h2-9,14-15,19H,10-13,16H2,1H3,(H2,25,32)(H,27,33). The van der Waals surface area contributed by atoms with Crippen LogP contribution in [0.3, 0.4) is 0 Å². The number of nitrogens with zero attached hydrogens (tertiary/aromatic N) is 5. The highest BCUT2D eigenvalue weighted by Crippen LogP contribution is 2.21. The fraction of sp³-hybridized carbons (Fsp3) is 0.292. The zero-order chi connectivity index (χ0) is 24.6. The molecule has 1 unspecified atom stereocenters. The van der Waals surface area contributed by atoms with Gasteiger partial charge in [0.2, 0.25) is 18.6 Å². The molecule has 4 rings (SSSR count). The van der Waals surface area contributed by atoms with E-state index in [2.05, 4.69) is 20.3 Å². The molecule has 3 aromatic rings. The first-order chi connectivity index (χ1) is 17.0. The van der Waals surface area contributed by atoms with Gasteiger partial charge in [-0.05, 0) is 25.0 Å². The SMILES string of the molecule is Cc1cc(CN(CC(N)=O)C(=O)NCC(Cc2ccccc2)C2=COCO2)nc(-n2ccnc2)n1.